The summed E-state index contributed by atoms with van der Waals surface area (Å²) in [5.41, 5.74) is -0.380. The van der Waals surface area contributed by atoms with Gasteiger partial charge in [-0.15, -0.1) is 0 Å². The van der Waals surface area contributed by atoms with Crippen molar-refractivity contribution < 1.29 is 25.3 Å². The molecular weight excluding hydrogens is 204 g/mol. The molecule has 0 saturated carbocycles. The van der Waals surface area contributed by atoms with Crippen molar-refractivity contribution in [2.75, 3.05) is 0 Å². The molecule has 0 aliphatic heterocycles. The van der Waals surface area contributed by atoms with E-state index < -0.39 is 11.9 Å². The molecule has 0 bridgehead atoms. The molecule has 8 N–H and O–H groups in total. The monoisotopic (exact) mass is 216 g/mol. The number of rotatable bonds is 2. The van der Waals surface area contributed by atoms with Gasteiger partial charge in [0.25, 0.3) is 0 Å². The minimum absolute atomic E-state index is 0. The average Bonchev–Trinajstić information content (AvgIpc) is 2.20. The predicted octanol–water partition coefficient (Wildman–Crippen LogP) is -0.923. The molecule has 7 nitrogen and oxygen atoms in total. The number of carbonyl (C=O) groups is 2. The van der Waals surface area contributed by atoms with E-state index in [1.807, 2.05) is 0 Å². The van der Waals surface area contributed by atoms with Gasteiger partial charge in [-0.25, -0.2) is 9.59 Å². The van der Waals surface area contributed by atoms with Crippen molar-refractivity contribution >= 4 is 11.9 Å². The lowest BCUT2D eigenvalue weighted by Crippen LogP contribution is -2.06. The summed E-state index contributed by atoms with van der Waals surface area (Å²) >= 11 is 0. The number of nitrogens with two attached hydrogens (primary N) is 2. The van der Waals surface area contributed by atoms with Crippen LogP contribution in [0.5, 0.6) is 0 Å². The SMILES string of the molecule is NN.O.O=C(O)c1ccccc1C(=O)O. The Balaban J connectivity index is 0. The topological polar surface area (TPSA) is 158 Å². The van der Waals surface area contributed by atoms with E-state index in [-0.39, 0.29) is 16.6 Å². The maximum absolute atomic E-state index is 10.5. The van der Waals surface area contributed by atoms with Crippen LogP contribution in [0.15, 0.2) is 24.3 Å². The van der Waals surface area contributed by atoms with Gasteiger partial charge in [0.1, 0.15) is 0 Å². The first-order chi connectivity index (χ1) is 6.63. The Bertz CT molecular complexity index is 307. The van der Waals surface area contributed by atoms with Gasteiger partial charge < -0.3 is 15.7 Å². The van der Waals surface area contributed by atoms with Crippen molar-refractivity contribution in [2.24, 2.45) is 11.7 Å². The van der Waals surface area contributed by atoms with Crippen molar-refractivity contribution in [1.29, 1.82) is 0 Å². The maximum Gasteiger partial charge on any atom is 0.336 e. The fourth-order valence-corrected chi connectivity index (χ4v) is 0.856. The van der Waals surface area contributed by atoms with Crippen LogP contribution in [0, 0.1) is 0 Å². The number of carboxylic acids is 2. The zero-order valence-corrected chi connectivity index (χ0v) is 7.68. The molecule has 0 saturated heterocycles. The Labute approximate surface area is 85.2 Å². The van der Waals surface area contributed by atoms with E-state index in [1.165, 1.54) is 24.3 Å². The van der Waals surface area contributed by atoms with E-state index in [0.717, 1.165) is 0 Å². The largest absolute Gasteiger partial charge is 0.478 e. The first kappa shape index (κ1) is 15.5. The van der Waals surface area contributed by atoms with Crippen LogP contribution in [0.25, 0.3) is 0 Å². The zero-order valence-electron chi connectivity index (χ0n) is 7.68. The molecule has 0 unspecified atom stereocenters. The van der Waals surface area contributed by atoms with Gasteiger partial charge in [-0.3, -0.25) is 11.7 Å². The fourth-order valence-electron chi connectivity index (χ4n) is 0.856. The van der Waals surface area contributed by atoms with E-state index in [1.54, 1.807) is 0 Å². The molecule has 15 heavy (non-hydrogen) atoms. The van der Waals surface area contributed by atoms with E-state index >= 15 is 0 Å². The summed E-state index contributed by atoms with van der Waals surface area (Å²) in [6, 6.07) is 5.48. The highest BCUT2D eigenvalue weighted by atomic mass is 16.4. The smallest absolute Gasteiger partial charge is 0.336 e. The minimum atomic E-state index is -1.23. The predicted molar refractivity (Wildman–Crippen MR) is 52.3 cm³/mol. The van der Waals surface area contributed by atoms with Gasteiger partial charge in [0, 0.05) is 0 Å². The standard InChI is InChI=1S/C8H6O4.H4N2.H2O/c9-7(10)5-3-1-2-4-6(5)8(11)12;1-2;/h1-4H,(H,9,10)(H,11,12);1-2H2;1H2. The molecular formula is C8H12N2O5. The van der Waals surface area contributed by atoms with E-state index in [0.29, 0.717) is 0 Å². The third-order valence-electron chi connectivity index (χ3n) is 1.39. The summed E-state index contributed by atoms with van der Waals surface area (Å²) in [7, 11) is 0. The van der Waals surface area contributed by atoms with Gasteiger partial charge in [0.05, 0.1) is 11.1 Å². The van der Waals surface area contributed by atoms with E-state index in [9.17, 15) is 9.59 Å². The van der Waals surface area contributed by atoms with Gasteiger partial charge in [0.2, 0.25) is 0 Å². The first-order valence-corrected chi connectivity index (χ1v) is 3.52. The van der Waals surface area contributed by atoms with Crippen LogP contribution in [-0.2, 0) is 0 Å². The molecule has 0 aliphatic rings. The minimum Gasteiger partial charge on any atom is -0.478 e. The third kappa shape index (κ3) is 4.18. The highest BCUT2D eigenvalue weighted by molar-refractivity contribution is 6.01. The van der Waals surface area contributed by atoms with Gasteiger partial charge >= 0.3 is 11.9 Å². The van der Waals surface area contributed by atoms with Crippen LogP contribution in [0.3, 0.4) is 0 Å². The summed E-state index contributed by atoms with van der Waals surface area (Å²) in [6.07, 6.45) is 0. The lowest BCUT2D eigenvalue weighted by molar-refractivity contribution is 0.0651. The number of aromatic carboxylic acids is 2. The molecule has 1 aromatic rings. The molecule has 0 heterocycles. The van der Waals surface area contributed by atoms with E-state index in [2.05, 4.69) is 11.7 Å². The molecule has 0 fully saturated rings. The molecule has 0 aliphatic carbocycles. The maximum atomic E-state index is 10.5. The van der Waals surface area contributed by atoms with Crippen LogP contribution < -0.4 is 11.7 Å². The highest BCUT2D eigenvalue weighted by Crippen LogP contribution is 2.07. The lowest BCUT2D eigenvalue weighted by atomic mass is 10.1. The van der Waals surface area contributed by atoms with E-state index in [4.69, 9.17) is 10.2 Å². The van der Waals surface area contributed by atoms with Crippen molar-refractivity contribution in [3.63, 3.8) is 0 Å². The first-order valence-electron chi connectivity index (χ1n) is 3.52. The van der Waals surface area contributed by atoms with Crippen molar-refractivity contribution in [2.45, 2.75) is 0 Å². The summed E-state index contributed by atoms with van der Waals surface area (Å²) in [6.45, 7) is 0. The van der Waals surface area contributed by atoms with Gasteiger partial charge in [-0.05, 0) is 12.1 Å². The quantitative estimate of drug-likeness (QED) is 0.369. The van der Waals surface area contributed by atoms with Crippen molar-refractivity contribution in [3.8, 4) is 0 Å². The normalized spacial score (nSPS) is 7.87. The summed E-state index contributed by atoms with van der Waals surface area (Å²) in [4.78, 5) is 20.9. The summed E-state index contributed by atoms with van der Waals surface area (Å²) in [5, 5.41) is 17.1. The average molecular weight is 216 g/mol. The second-order valence-electron chi connectivity index (χ2n) is 2.16. The lowest BCUT2D eigenvalue weighted by Gasteiger charge is -1.98. The van der Waals surface area contributed by atoms with Gasteiger partial charge in [-0.1, -0.05) is 12.1 Å². The number of hydrogen-bond acceptors (Lipinski definition) is 4. The molecule has 0 atom stereocenters. The molecule has 0 spiro atoms. The number of hydrazine groups is 1. The Hall–Kier alpha value is -1.96. The molecule has 1 aromatic carbocycles. The van der Waals surface area contributed by atoms with Gasteiger partial charge in [0.15, 0.2) is 0 Å². The molecule has 84 valence electrons. The molecule has 0 amide bonds. The molecule has 0 aromatic heterocycles. The summed E-state index contributed by atoms with van der Waals surface area (Å²) < 4.78 is 0. The van der Waals surface area contributed by atoms with Crippen LogP contribution in [0.1, 0.15) is 20.7 Å². The number of benzene rings is 1. The van der Waals surface area contributed by atoms with Crippen molar-refractivity contribution in [3.05, 3.63) is 35.4 Å². The Morgan fingerprint density at radius 1 is 0.933 bits per heavy atom. The summed E-state index contributed by atoms with van der Waals surface area (Å²) in [5.74, 6) is 5.54. The van der Waals surface area contributed by atoms with Crippen LogP contribution >= 0.6 is 0 Å². The second kappa shape index (κ2) is 7.44. The highest BCUT2D eigenvalue weighted by Gasteiger charge is 2.13. The fraction of sp³-hybridized carbons (Fsp3) is 0. The van der Waals surface area contributed by atoms with Crippen LogP contribution in [0.2, 0.25) is 0 Å². The van der Waals surface area contributed by atoms with Crippen molar-refractivity contribution in [1.82, 2.24) is 0 Å². The van der Waals surface area contributed by atoms with Gasteiger partial charge in [-0.2, -0.15) is 0 Å². The zero-order chi connectivity index (χ0) is 11.1. The Morgan fingerprint density at radius 3 is 1.40 bits per heavy atom. The number of hydrogen-bond donors (Lipinski definition) is 4. The second-order valence-corrected chi connectivity index (χ2v) is 2.16. The van der Waals surface area contributed by atoms with Crippen LogP contribution in [0.4, 0.5) is 0 Å². The Kier molecular flexibility index (Phi) is 7.70. The third-order valence-corrected chi connectivity index (χ3v) is 1.39. The van der Waals surface area contributed by atoms with Crippen LogP contribution in [-0.4, -0.2) is 27.6 Å². The molecule has 7 heteroatoms. The molecule has 0 radical (unpaired) electrons. The number of carboxylic acid groups (broad SMARTS) is 2. The molecule has 1 rings (SSSR count). The Morgan fingerprint density at radius 2 is 1.20 bits per heavy atom.